The van der Waals surface area contributed by atoms with E-state index in [4.69, 9.17) is 0 Å². The number of ketones is 1. The van der Waals surface area contributed by atoms with Crippen LogP contribution >= 0.6 is 0 Å². The van der Waals surface area contributed by atoms with Crippen molar-refractivity contribution >= 4 is 11.7 Å². The lowest BCUT2D eigenvalue weighted by Gasteiger charge is -2.32. The number of Topliss-reactive ketones (excluding diaryl/α,β-unsaturated/α-hetero) is 1. The summed E-state index contributed by atoms with van der Waals surface area (Å²) in [6.45, 7) is 12.1. The van der Waals surface area contributed by atoms with E-state index in [0.717, 1.165) is 16.7 Å². The van der Waals surface area contributed by atoms with Crippen LogP contribution in [0, 0.1) is 13.8 Å². The molecule has 2 rings (SSSR count). The van der Waals surface area contributed by atoms with Crippen LogP contribution in [-0.4, -0.2) is 28.7 Å². The minimum absolute atomic E-state index is 0.00311. The van der Waals surface area contributed by atoms with Crippen LogP contribution in [0.25, 0.3) is 0 Å². The number of rotatable bonds is 6. The molecule has 0 unspecified atom stereocenters. The molecule has 26 heavy (non-hydrogen) atoms. The Morgan fingerprint density at radius 2 is 1.50 bits per heavy atom. The predicted octanol–water partition coefficient (Wildman–Crippen LogP) is 4.99. The van der Waals surface area contributed by atoms with Crippen LogP contribution < -0.4 is 0 Å². The molecule has 0 radical (unpaired) electrons. The van der Waals surface area contributed by atoms with E-state index in [2.05, 4.69) is 0 Å². The van der Waals surface area contributed by atoms with Crippen molar-refractivity contribution < 1.29 is 9.59 Å². The molecule has 0 saturated heterocycles. The third-order valence-corrected chi connectivity index (χ3v) is 4.57. The lowest BCUT2D eigenvalue weighted by molar-refractivity contribution is 0.0642. The maximum Gasteiger partial charge on any atom is 0.254 e. The second kappa shape index (κ2) is 8.31. The monoisotopic (exact) mass is 351 g/mol. The average molecular weight is 351 g/mol. The van der Waals surface area contributed by atoms with E-state index in [1.165, 1.54) is 0 Å². The summed E-state index contributed by atoms with van der Waals surface area (Å²) in [5.41, 5.74) is 4.15. The standard InChI is InChI=1S/C23H29NO2/c1-15(2)24(16(3)4)23(26)22-18(6)12-17(5)13-20(22)14-21(25)19-10-8-7-9-11-19/h7-13,15-16H,14H2,1-6H3. The van der Waals surface area contributed by atoms with Gasteiger partial charge in [0.05, 0.1) is 0 Å². The first-order valence-electron chi connectivity index (χ1n) is 9.23. The molecule has 0 fully saturated rings. The quantitative estimate of drug-likeness (QED) is 0.688. The highest BCUT2D eigenvalue weighted by Crippen LogP contribution is 2.23. The summed E-state index contributed by atoms with van der Waals surface area (Å²) in [6, 6.07) is 13.4. The molecule has 0 heterocycles. The molecule has 0 N–H and O–H groups in total. The van der Waals surface area contributed by atoms with Gasteiger partial charge in [-0.25, -0.2) is 0 Å². The molecular weight excluding hydrogens is 322 g/mol. The van der Waals surface area contributed by atoms with Crippen LogP contribution in [0.2, 0.25) is 0 Å². The fourth-order valence-corrected chi connectivity index (χ4v) is 3.59. The zero-order valence-electron chi connectivity index (χ0n) is 16.7. The number of amides is 1. The third-order valence-electron chi connectivity index (χ3n) is 4.57. The van der Waals surface area contributed by atoms with E-state index >= 15 is 0 Å². The first kappa shape index (κ1) is 19.9. The van der Waals surface area contributed by atoms with Crippen LogP contribution in [0.15, 0.2) is 42.5 Å². The molecule has 0 atom stereocenters. The third kappa shape index (κ3) is 4.40. The summed E-state index contributed by atoms with van der Waals surface area (Å²) >= 11 is 0. The molecule has 0 saturated carbocycles. The minimum atomic E-state index is 0.00311. The highest BCUT2D eigenvalue weighted by Gasteiger charge is 2.26. The van der Waals surface area contributed by atoms with Crippen molar-refractivity contribution in [2.45, 2.75) is 60.0 Å². The van der Waals surface area contributed by atoms with E-state index in [9.17, 15) is 9.59 Å². The molecule has 0 aromatic heterocycles. The van der Waals surface area contributed by atoms with Gasteiger partial charge >= 0.3 is 0 Å². The van der Waals surface area contributed by atoms with Crippen molar-refractivity contribution in [3.63, 3.8) is 0 Å². The zero-order valence-corrected chi connectivity index (χ0v) is 16.7. The minimum Gasteiger partial charge on any atom is -0.334 e. The van der Waals surface area contributed by atoms with Crippen molar-refractivity contribution in [3.8, 4) is 0 Å². The maximum absolute atomic E-state index is 13.3. The van der Waals surface area contributed by atoms with Crippen LogP contribution in [0.4, 0.5) is 0 Å². The highest BCUT2D eigenvalue weighted by molar-refractivity contribution is 6.02. The summed E-state index contributed by atoms with van der Waals surface area (Å²) in [6.07, 6.45) is 0.234. The summed E-state index contributed by atoms with van der Waals surface area (Å²) in [7, 11) is 0. The lowest BCUT2D eigenvalue weighted by Crippen LogP contribution is -2.42. The van der Waals surface area contributed by atoms with Crippen LogP contribution in [-0.2, 0) is 6.42 Å². The van der Waals surface area contributed by atoms with Gasteiger partial charge in [-0.05, 0) is 52.7 Å². The number of aryl methyl sites for hydroxylation is 2. The van der Waals surface area contributed by atoms with Crippen LogP contribution in [0.3, 0.4) is 0 Å². The van der Waals surface area contributed by atoms with Gasteiger partial charge in [0.25, 0.3) is 5.91 Å². The Balaban J connectivity index is 2.47. The molecule has 3 heteroatoms. The smallest absolute Gasteiger partial charge is 0.254 e. The van der Waals surface area contributed by atoms with Crippen molar-refractivity contribution in [3.05, 3.63) is 70.3 Å². The largest absolute Gasteiger partial charge is 0.334 e. The molecule has 0 spiro atoms. The molecule has 2 aromatic rings. The number of benzene rings is 2. The van der Waals surface area contributed by atoms with Gasteiger partial charge in [-0.15, -0.1) is 0 Å². The molecule has 0 aliphatic carbocycles. The summed E-state index contributed by atoms with van der Waals surface area (Å²) in [5.74, 6) is 0.0358. The SMILES string of the molecule is Cc1cc(C)c(C(=O)N(C(C)C)C(C)C)c(CC(=O)c2ccccc2)c1. The number of carbonyl (C=O) groups excluding carboxylic acids is 2. The second-order valence-corrected chi connectivity index (χ2v) is 7.48. The van der Waals surface area contributed by atoms with E-state index in [1.807, 2.05) is 88.9 Å². The van der Waals surface area contributed by atoms with Gasteiger partial charge in [-0.3, -0.25) is 9.59 Å². The Bertz CT molecular complexity index is 783. The lowest BCUT2D eigenvalue weighted by atomic mass is 9.92. The zero-order chi connectivity index (χ0) is 19.4. The maximum atomic E-state index is 13.3. The van der Waals surface area contributed by atoms with Crippen molar-refractivity contribution in [1.29, 1.82) is 0 Å². The van der Waals surface area contributed by atoms with Gasteiger partial charge in [-0.2, -0.15) is 0 Å². The fraction of sp³-hybridized carbons (Fsp3) is 0.391. The number of hydrogen-bond donors (Lipinski definition) is 0. The number of nitrogens with zero attached hydrogens (tertiary/aromatic N) is 1. The van der Waals surface area contributed by atoms with Crippen molar-refractivity contribution in [1.82, 2.24) is 4.90 Å². The van der Waals surface area contributed by atoms with Crippen LogP contribution in [0.1, 0.15) is 65.1 Å². The van der Waals surface area contributed by atoms with E-state index < -0.39 is 0 Å². The van der Waals surface area contributed by atoms with Crippen molar-refractivity contribution in [2.75, 3.05) is 0 Å². The Hall–Kier alpha value is -2.42. The molecule has 3 nitrogen and oxygen atoms in total. The van der Waals surface area contributed by atoms with Gasteiger partial charge in [0.1, 0.15) is 0 Å². The van der Waals surface area contributed by atoms with Crippen LogP contribution in [0.5, 0.6) is 0 Å². The highest BCUT2D eigenvalue weighted by atomic mass is 16.2. The second-order valence-electron chi connectivity index (χ2n) is 7.48. The van der Waals surface area contributed by atoms with E-state index in [1.54, 1.807) is 0 Å². The number of carbonyl (C=O) groups is 2. The molecule has 0 aliphatic heterocycles. The Morgan fingerprint density at radius 3 is 2.04 bits per heavy atom. The summed E-state index contributed by atoms with van der Waals surface area (Å²) in [4.78, 5) is 27.9. The van der Waals surface area contributed by atoms with Crippen molar-refractivity contribution in [2.24, 2.45) is 0 Å². The van der Waals surface area contributed by atoms with Gasteiger partial charge in [0.2, 0.25) is 0 Å². The molecule has 0 aliphatic rings. The van der Waals surface area contributed by atoms with Gasteiger partial charge in [0, 0.05) is 29.6 Å². The molecular formula is C23H29NO2. The summed E-state index contributed by atoms with van der Waals surface area (Å²) < 4.78 is 0. The first-order valence-corrected chi connectivity index (χ1v) is 9.23. The Kier molecular flexibility index (Phi) is 6.36. The van der Waals surface area contributed by atoms with Gasteiger partial charge in [-0.1, -0.05) is 48.0 Å². The topological polar surface area (TPSA) is 37.4 Å². The first-order chi connectivity index (χ1) is 12.2. The van der Waals surface area contributed by atoms with Gasteiger partial charge in [0.15, 0.2) is 5.78 Å². The Labute approximate surface area is 157 Å². The number of hydrogen-bond acceptors (Lipinski definition) is 2. The summed E-state index contributed by atoms with van der Waals surface area (Å²) in [5, 5.41) is 0. The predicted molar refractivity (Wildman–Crippen MR) is 107 cm³/mol. The average Bonchev–Trinajstić information content (AvgIpc) is 2.54. The van der Waals surface area contributed by atoms with E-state index in [0.29, 0.717) is 11.1 Å². The van der Waals surface area contributed by atoms with E-state index in [-0.39, 0.29) is 30.2 Å². The Morgan fingerprint density at radius 1 is 0.923 bits per heavy atom. The molecule has 2 aromatic carbocycles. The molecule has 138 valence electrons. The van der Waals surface area contributed by atoms with Gasteiger partial charge < -0.3 is 4.90 Å². The molecule has 1 amide bonds. The normalized spacial score (nSPS) is 11.1. The fourth-order valence-electron chi connectivity index (χ4n) is 3.59. The molecule has 0 bridgehead atoms.